The number of alkyl carbamates (subject to hydrolysis) is 1. The van der Waals surface area contributed by atoms with Crippen LogP contribution in [0.25, 0.3) is 11.0 Å². The van der Waals surface area contributed by atoms with Crippen molar-refractivity contribution in [2.45, 2.75) is 39.3 Å². The van der Waals surface area contributed by atoms with Crippen LogP contribution in [0.3, 0.4) is 0 Å². The van der Waals surface area contributed by atoms with Gasteiger partial charge in [-0.3, -0.25) is 0 Å². The number of hydrogen-bond donors (Lipinski definition) is 1. The molecule has 8 heteroatoms. The van der Waals surface area contributed by atoms with Crippen molar-refractivity contribution < 1.29 is 23.5 Å². The van der Waals surface area contributed by atoms with Crippen molar-refractivity contribution in [3.63, 3.8) is 0 Å². The molecule has 39 heavy (non-hydrogen) atoms. The van der Waals surface area contributed by atoms with Crippen LogP contribution in [0.15, 0.2) is 82.0 Å². The van der Waals surface area contributed by atoms with Crippen molar-refractivity contribution in [2.24, 2.45) is 0 Å². The third-order valence-corrected chi connectivity index (χ3v) is 6.97. The minimum atomic E-state index is -0.920. The Kier molecular flexibility index (Phi) is 9.44. The van der Waals surface area contributed by atoms with E-state index in [0.717, 1.165) is 16.7 Å². The number of aryl methyl sites for hydroxylation is 2. The molecule has 4 aromatic rings. The van der Waals surface area contributed by atoms with Gasteiger partial charge in [0, 0.05) is 12.0 Å². The van der Waals surface area contributed by atoms with E-state index in [0.29, 0.717) is 40.7 Å². The molecule has 7 nitrogen and oxygen atoms in total. The standard InChI is InChI=1S/C31H31NO6S/c1-20-16-26-28(21(2)24(29(33)37-26)18-22-10-6-4-7-11-22)27(17-20)38-30(34)25(14-15-39-3)32-31(35)36-19-23-12-8-5-9-13-23/h4-13,16-17,25H,14-15,18-19H2,1-3H3,(H,32,35). The van der Waals surface area contributed by atoms with Gasteiger partial charge in [0.15, 0.2) is 0 Å². The van der Waals surface area contributed by atoms with E-state index in [1.54, 1.807) is 23.9 Å². The first-order valence-corrected chi connectivity index (χ1v) is 14.0. The van der Waals surface area contributed by atoms with Crippen molar-refractivity contribution in [1.82, 2.24) is 5.32 Å². The summed E-state index contributed by atoms with van der Waals surface area (Å²) in [7, 11) is 0. The summed E-state index contributed by atoms with van der Waals surface area (Å²) in [5, 5.41) is 3.20. The van der Waals surface area contributed by atoms with Crippen LogP contribution < -0.4 is 15.7 Å². The predicted molar refractivity (Wildman–Crippen MR) is 153 cm³/mol. The smallest absolute Gasteiger partial charge is 0.408 e. The number of hydrogen-bond acceptors (Lipinski definition) is 7. The highest BCUT2D eigenvalue weighted by atomic mass is 32.2. The summed E-state index contributed by atoms with van der Waals surface area (Å²) in [5.74, 6) is 0.282. The molecular weight excluding hydrogens is 514 g/mol. The topological polar surface area (TPSA) is 94.8 Å². The summed E-state index contributed by atoms with van der Waals surface area (Å²) in [6, 6.07) is 21.5. The fourth-order valence-electron chi connectivity index (χ4n) is 4.29. The van der Waals surface area contributed by atoms with Crippen molar-refractivity contribution in [3.05, 3.63) is 111 Å². The fraction of sp³-hybridized carbons (Fsp3) is 0.258. The number of rotatable bonds is 10. The SMILES string of the molecule is CSCCC(NC(=O)OCc1ccccc1)C(=O)Oc1cc(C)cc2oc(=O)c(Cc3ccccc3)c(C)c12. The van der Waals surface area contributed by atoms with Crippen LogP contribution in [0.2, 0.25) is 0 Å². The summed E-state index contributed by atoms with van der Waals surface area (Å²) in [5.41, 5.74) is 3.67. The molecule has 0 bridgehead atoms. The van der Waals surface area contributed by atoms with Gasteiger partial charge in [0.05, 0.1) is 5.39 Å². The fourth-order valence-corrected chi connectivity index (χ4v) is 4.76. The second kappa shape index (κ2) is 13.2. The van der Waals surface area contributed by atoms with Crippen LogP contribution in [0.1, 0.15) is 34.2 Å². The number of esters is 1. The quantitative estimate of drug-likeness (QED) is 0.149. The molecule has 0 saturated heterocycles. The van der Waals surface area contributed by atoms with Gasteiger partial charge in [-0.1, -0.05) is 60.7 Å². The zero-order valence-corrected chi connectivity index (χ0v) is 23.0. The average molecular weight is 546 g/mol. The number of carbonyl (C=O) groups is 2. The summed E-state index contributed by atoms with van der Waals surface area (Å²) in [6.07, 6.45) is 1.96. The Morgan fingerprint density at radius 1 is 0.974 bits per heavy atom. The lowest BCUT2D eigenvalue weighted by molar-refractivity contribution is -0.136. The third-order valence-electron chi connectivity index (χ3n) is 6.32. The molecule has 1 atom stereocenters. The lowest BCUT2D eigenvalue weighted by Crippen LogP contribution is -2.43. The molecule has 0 aliphatic heterocycles. The zero-order valence-electron chi connectivity index (χ0n) is 22.2. The minimum absolute atomic E-state index is 0.0852. The molecule has 0 saturated carbocycles. The summed E-state index contributed by atoms with van der Waals surface area (Å²) >= 11 is 1.55. The highest BCUT2D eigenvalue weighted by Gasteiger charge is 2.25. The minimum Gasteiger partial charge on any atom is -0.445 e. The van der Waals surface area contributed by atoms with Gasteiger partial charge in [0.2, 0.25) is 0 Å². The van der Waals surface area contributed by atoms with Crippen molar-refractivity contribution in [3.8, 4) is 5.75 Å². The monoisotopic (exact) mass is 545 g/mol. The van der Waals surface area contributed by atoms with E-state index in [9.17, 15) is 14.4 Å². The number of thioether (sulfide) groups is 1. The molecule has 1 amide bonds. The molecule has 202 valence electrons. The molecule has 3 aromatic carbocycles. The lowest BCUT2D eigenvalue weighted by Gasteiger charge is -2.19. The van der Waals surface area contributed by atoms with E-state index in [-0.39, 0.29) is 12.4 Å². The Morgan fingerprint density at radius 2 is 1.64 bits per heavy atom. The Balaban J connectivity index is 1.59. The van der Waals surface area contributed by atoms with Gasteiger partial charge in [-0.2, -0.15) is 11.8 Å². The Bertz CT molecular complexity index is 1500. The third kappa shape index (κ3) is 7.29. The normalized spacial score (nSPS) is 11.7. The first-order valence-electron chi connectivity index (χ1n) is 12.6. The van der Waals surface area contributed by atoms with Crippen LogP contribution in [0.5, 0.6) is 5.75 Å². The van der Waals surface area contributed by atoms with Crippen molar-refractivity contribution in [1.29, 1.82) is 0 Å². The van der Waals surface area contributed by atoms with E-state index in [2.05, 4.69) is 5.32 Å². The Hall–Kier alpha value is -4.04. The number of nitrogens with one attached hydrogen (secondary N) is 1. The lowest BCUT2D eigenvalue weighted by atomic mass is 9.98. The molecule has 1 aromatic heterocycles. The van der Waals surface area contributed by atoms with Gasteiger partial charge in [-0.15, -0.1) is 0 Å². The second-order valence-corrected chi connectivity index (χ2v) is 10.2. The largest absolute Gasteiger partial charge is 0.445 e. The van der Waals surface area contributed by atoms with Gasteiger partial charge < -0.3 is 19.2 Å². The maximum absolute atomic E-state index is 13.3. The number of amides is 1. The predicted octanol–water partition coefficient (Wildman–Crippen LogP) is 5.95. The van der Waals surface area contributed by atoms with Crippen molar-refractivity contribution >= 4 is 34.8 Å². The molecule has 0 radical (unpaired) electrons. The van der Waals surface area contributed by atoms with E-state index in [4.69, 9.17) is 13.9 Å². The van der Waals surface area contributed by atoms with Crippen LogP contribution in [0.4, 0.5) is 4.79 Å². The number of ether oxygens (including phenoxy) is 2. The number of benzene rings is 3. The van der Waals surface area contributed by atoms with E-state index >= 15 is 0 Å². The molecular formula is C31H31NO6S. The van der Waals surface area contributed by atoms with Gasteiger partial charge in [-0.05, 0) is 66.7 Å². The van der Waals surface area contributed by atoms with Crippen molar-refractivity contribution in [2.75, 3.05) is 12.0 Å². The maximum Gasteiger partial charge on any atom is 0.408 e. The maximum atomic E-state index is 13.3. The molecule has 4 rings (SSSR count). The van der Waals surface area contributed by atoms with Gasteiger partial charge in [0.25, 0.3) is 0 Å². The number of fused-ring (bicyclic) bond motifs is 1. The van der Waals surface area contributed by atoms with Crippen LogP contribution in [-0.2, 0) is 22.6 Å². The molecule has 1 heterocycles. The average Bonchev–Trinajstić information content (AvgIpc) is 2.92. The number of carbonyl (C=O) groups excluding carboxylic acids is 2. The van der Waals surface area contributed by atoms with Gasteiger partial charge in [0.1, 0.15) is 24.0 Å². The van der Waals surface area contributed by atoms with Gasteiger partial charge >= 0.3 is 17.7 Å². The first kappa shape index (κ1) is 28.0. The van der Waals surface area contributed by atoms with Crippen LogP contribution in [-0.4, -0.2) is 30.1 Å². The Morgan fingerprint density at radius 3 is 2.31 bits per heavy atom. The van der Waals surface area contributed by atoms with E-state index in [1.165, 1.54) is 0 Å². The van der Waals surface area contributed by atoms with E-state index in [1.807, 2.05) is 80.8 Å². The Labute approximate surface area is 231 Å². The molecule has 0 aliphatic carbocycles. The second-order valence-electron chi connectivity index (χ2n) is 9.25. The molecule has 0 spiro atoms. The summed E-state index contributed by atoms with van der Waals surface area (Å²) in [6.45, 7) is 3.74. The summed E-state index contributed by atoms with van der Waals surface area (Å²) < 4.78 is 16.9. The molecule has 0 fully saturated rings. The molecule has 1 N–H and O–H groups in total. The zero-order chi connectivity index (χ0) is 27.8. The summed E-state index contributed by atoms with van der Waals surface area (Å²) in [4.78, 5) is 38.7. The van der Waals surface area contributed by atoms with Crippen LogP contribution in [0, 0.1) is 13.8 Å². The molecule has 0 aliphatic rings. The van der Waals surface area contributed by atoms with Gasteiger partial charge in [-0.25, -0.2) is 14.4 Å². The molecule has 1 unspecified atom stereocenters. The highest BCUT2D eigenvalue weighted by molar-refractivity contribution is 7.98. The van der Waals surface area contributed by atoms with Crippen LogP contribution >= 0.6 is 11.8 Å². The highest BCUT2D eigenvalue weighted by Crippen LogP contribution is 2.32. The first-order chi connectivity index (χ1) is 18.9. The van der Waals surface area contributed by atoms with E-state index < -0.39 is 23.7 Å².